The highest BCUT2D eigenvalue weighted by atomic mass is 32.2. The molecule has 1 aromatic heterocycles. The molecule has 0 atom stereocenters. The fourth-order valence-corrected chi connectivity index (χ4v) is 19.5. The maximum Gasteiger partial charge on any atom is 0.184 e. The minimum Gasteiger partial charge on any atom is -0.457 e. The van der Waals surface area contributed by atoms with E-state index in [1.807, 2.05) is 18.0 Å². The summed E-state index contributed by atoms with van der Waals surface area (Å²) in [5, 5.41) is 8.15. The Bertz CT molecular complexity index is 2500. The number of aromatic nitrogens is 1. The molecule has 6 aromatic carbocycles. The van der Waals surface area contributed by atoms with E-state index < -0.39 is 16.1 Å². The van der Waals surface area contributed by atoms with Gasteiger partial charge < -0.3 is 4.74 Å². The Morgan fingerprint density at radius 3 is 1.91 bits per heavy atom. The van der Waals surface area contributed by atoms with Gasteiger partial charge in [-0.1, -0.05) is 186 Å². The van der Waals surface area contributed by atoms with E-state index in [1.165, 1.54) is 57.6 Å². The van der Waals surface area contributed by atoms with Gasteiger partial charge in [-0.25, -0.2) is 0 Å². The SMILES string of the molecule is CC1(C)c2ccccc2Oc2c(cccc2[Si](c2ccccc2)(c2ccccc2)c2ccnc(-c3cccc4c3Sc3ccccc3[Si]4(C)C)c2)C1(C)C. The van der Waals surface area contributed by atoms with Crippen LogP contribution in [0.1, 0.15) is 38.8 Å². The zero-order valence-electron chi connectivity index (χ0n) is 31.9. The van der Waals surface area contributed by atoms with Gasteiger partial charge in [-0.2, -0.15) is 0 Å². The van der Waals surface area contributed by atoms with Gasteiger partial charge in [0.25, 0.3) is 0 Å². The lowest BCUT2D eigenvalue weighted by molar-refractivity contribution is 0.306. The van der Waals surface area contributed by atoms with E-state index >= 15 is 0 Å². The lowest BCUT2D eigenvalue weighted by atomic mass is 9.61. The zero-order chi connectivity index (χ0) is 37.3. The molecule has 0 unspecified atom stereocenters. The van der Waals surface area contributed by atoms with Crippen molar-refractivity contribution < 1.29 is 4.74 Å². The van der Waals surface area contributed by atoms with E-state index in [4.69, 9.17) is 9.72 Å². The fraction of sp³-hybridized carbons (Fsp3) is 0.163. The highest BCUT2D eigenvalue weighted by Gasteiger charge is 2.50. The molecule has 0 N–H and O–H groups in total. The first-order valence-corrected chi connectivity index (χ1v) is 24.8. The van der Waals surface area contributed by atoms with Crippen molar-refractivity contribution in [3.05, 3.63) is 175 Å². The van der Waals surface area contributed by atoms with Crippen molar-refractivity contribution in [3.8, 4) is 22.8 Å². The van der Waals surface area contributed by atoms with Gasteiger partial charge in [0.15, 0.2) is 8.07 Å². The number of rotatable bonds is 5. The molecule has 0 fully saturated rings. The molecular weight excluding hydrogens is 707 g/mol. The molecule has 0 spiro atoms. The Labute approximate surface area is 326 Å². The first kappa shape index (κ1) is 34.8. The molecule has 0 saturated carbocycles. The molecule has 5 heteroatoms. The van der Waals surface area contributed by atoms with Crippen LogP contribution in [0, 0.1) is 0 Å². The van der Waals surface area contributed by atoms with E-state index in [1.54, 1.807) is 0 Å². The van der Waals surface area contributed by atoms with Crippen LogP contribution in [0.25, 0.3) is 11.3 Å². The lowest BCUT2D eigenvalue weighted by Gasteiger charge is -2.42. The van der Waals surface area contributed by atoms with E-state index in [-0.39, 0.29) is 10.8 Å². The fourth-order valence-electron chi connectivity index (χ4n) is 9.11. The second-order valence-corrected chi connectivity index (χ2v) is 25.5. The first-order chi connectivity index (χ1) is 26.1. The average Bonchev–Trinajstić information content (AvgIpc) is 3.26. The number of hydrogen-bond acceptors (Lipinski definition) is 3. The van der Waals surface area contributed by atoms with Gasteiger partial charge in [-0.05, 0) is 55.4 Å². The van der Waals surface area contributed by atoms with E-state index in [2.05, 4.69) is 199 Å². The summed E-state index contributed by atoms with van der Waals surface area (Å²) < 4.78 is 7.34. The van der Waals surface area contributed by atoms with Gasteiger partial charge >= 0.3 is 0 Å². The third kappa shape index (κ3) is 5.09. The van der Waals surface area contributed by atoms with Crippen LogP contribution in [0.5, 0.6) is 11.5 Å². The van der Waals surface area contributed by atoms with Crippen LogP contribution in [0.15, 0.2) is 174 Å². The van der Waals surface area contributed by atoms with Crippen LogP contribution in [0.3, 0.4) is 0 Å². The Morgan fingerprint density at radius 2 is 1.17 bits per heavy atom. The first-order valence-electron chi connectivity index (χ1n) is 19.0. The molecular formula is C49H45NOSSi2. The molecule has 3 heterocycles. The second kappa shape index (κ2) is 12.8. The number of para-hydroxylation sites is 2. The summed E-state index contributed by atoms with van der Waals surface area (Å²) >= 11 is 1.91. The molecule has 0 radical (unpaired) electrons. The molecule has 9 rings (SSSR count). The smallest absolute Gasteiger partial charge is 0.184 e. The number of nitrogens with zero attached hydrogens (tertiary/aromatic N) is 1. The number of fused-ring (bicyclic) bond motifs is 4. The summed E-state index contributed by atoms with van der Waals surface area (Å²) in [5.74, 6) is 1.91. The van der Waals surface area contributed by atoms with Gasteiger partial charge in [0, 0.05) is 43.5 Å². The molecule has 0 aliphatic carbocycles. The maximum atomic E-state index is 7.34. The Balaban J connectivity index is 1.35. The highest BCUT2D eigenvalue weighted by Crippen LogP contribution is 2.52. The molecule has 2 nitrogen and oxygen atoms in total. The Hall–Kier alpha value is -4.95. The van der Waals surface area contributed by atoms with E-state index in [9.17, 15) is 0 Å². The number of pyridine rings is 1. The van der Waals surface area contributed by atoms with E-state index in [0.717, 1.165) is 17.2 Å². The van der Waals surface area contributed by atoms with Crippen LogP contribution in [0.4, 0.5) is 0 Å². The van der Waals surface area contributed by atoms with Gasteiger partial charge in [0.2, 0.25) is 0 Å². The van der Waals surface area contributed by atoms with Crippen LogP contribution >= 0.6 is 11.8 Å². The predicted octanol–water partition coefficient (Wildman–Crippen LogP) is 8.77. The maximum absolute atomic E-state index is 7.34. The third-order valence-electron chi connectivity index (χ3n) is 12.8. The third-order valence-corrected chi connectivity index (χ3v) is 22.7. The van der Waals surface area contributed by atoms with Crippen molar-refractivity contribution in [1.82, 2.24) is 4.98 Å². The van der Waals surface area contributed by atoms with Gasteiger partial charge in [-0.3, -0.25) is 4.98 Å². The lowest BCUT2D eigenvalue weighted by Crippen LogP contribution is -2.75. The van der Waals surface area contributed by atoms with Gasteiger partial charge in [0.1, 0.15) is 19.6 Å². The summed E-state index contributed by atoms with van der Waals surface area (Å²) in [5.41, 5.74) is 4.25. The van der Waals surface area contributed by atoms with Crippen LogP contribution in [0.2, 0.25) is 13.1 Å². The van der Waals surface area contributed by atoms with Gasteiger partial charge in [-0.15, -0.1) is 0 Å². The molecule has 0 amide bonds. The monoisotopic (exact) mass is 751 g/mol. The van der Waals surface area contributed by atoms with E-state index in [0.29, 0.717) is 0 Å². The van der Waals surface area contributed by atoms with Crippen molar-refractivity contribution in [2.24, 2.45) is 0 Å². The predicted molar refractivity (Wildman–Crippen MR) is 233 cm³/mol. The molecule has 0 bridgehead atoms. The topological polar surface area (TPSA) is 22.1 Å². The van der Waals surface area contributed by atoms with Crippen molar-refractivity contribution in [1.29, 1.82) is 0 Å². The second-order valence-electron chi connectivity index (χ2n) is 16.3. The van der Waals surface area contributed by atoms with Crippen molar-refractivity contribution in [2.75, 3.05) is 0 Å². The normalized spacial score (nSPS) is 16.1. The minimum atomic E-state index is -3.08. The van der Waals surface area contributed by atoms with Crippen molar-refractivity contribution in [3.63, 3.8) is 0 Å². The zero-order valence-corrected chi connectivity index (χ0v) is 34.7. The Kier molecular flexibility index (Phi) is 8.27. The highest BCUT2D eigenvalue weighted by molar-refractivity contribution is 8.00. The number of hydrogen-bond donors (Lipinski definition) is 0. The summed E-state index contributed by atoms with van der Waals surface area (Å²) in [6.45, 7) is 14.5. The standard InChI is InChI=1S/C49H45NOSSi2/c1-48(2)38-24-13-14-26-41(38)51-46-39(49(48,3)4)25-18-29-44(46)54(34-19-9-7-10-20-34,35-21-11-8-12-22-35)36-31-32-50-40(33-36)37-23-17-30-45-47(37)52-42-27-15-16-28-43(42)53(45,5)6/h7-33H,1-6H3. The van der Waals surface area contributed by atoms with Crippen molar-refractivity contribution in [2.45, 2.75) is 61.4 Å². The summed E-state index contributed by atoms with van der Waals surface area (Å²) in [6.07, 6.45) is 2.05. The molecule has 54 heavy (non-hydrogen) atoms. The molecule has 0 saturated heterocycles. The molecule has 266 valence electrons. The Morgan fingerprint density at radius 1 is 0.574 bits per heavy atom. The average molecular weight is 752 g/mol. The van der Waals surface area contributed by atoms with Crippen LogP contribution in [-0.2, 0) is 10.8 Å². The van der Waals surface area contributed by atoms with Crippen LogP contribution < -0.4 is 35.9 Å². The van der Waals surface area contributed by atoms with Crippen molar-refractivity contribution >= 4 is 59.0 Å². The van der Waals surface area contributed by atoms with Crippen LogP contribution in [-0.4, -0.2) is 21.1 Å². The summed E-state index contributed by atoms with van der Waals surface area (Å²) in [4.78, 5) is 7.90. The minimum absolute atomic E-state index is 0.194. The molecule has 7 aromatic rings. The summed E-state index contributed by atoms with van der Waals surface area (Å²) in [7, 11) is -5.02. The quantitative estimate of drug-likeness (QED) is 0.130. The largest absolute Gasteiger partial charge is 0.457 e. The number of ether oxygens (including phenoxy) is 1. The molecule has 2 aliphatic rings. The summed E-state index contributed by atoms with van der Waals surface area (Å²) in [6, 6.07) is 58.6. The van der Waals surface area contributed by atoms with Gasteiger partial charge in [0.05, 0.1) is 5.69 Å². The number of benzene rings is 6. The molecule has 2 aliphatic heterocycles.